The van der Waals surface area contributed by atoms with Gasteiger partial charge in [0.15, 0.2) is 11.6 Å². The monoisotopic (exact) mass is 409 g/mol. The van der Waals surface area contributed by atoms with Crippen molar-refractivity contribution in [1.29, 1.82) is 0 Å². The molecule has 1 aromatic carbocycles. The first-order chi connectivity index (χ1) is 14.5. The topological polar surface area (TPSA) is 104 Å². The Morgan fingerprint density at radius 1 is 1.07 bits per heavy atom. The molecule has 0 spiro atoms. The molecule has 0 fully saturated rings. The van der Waals surface area contributed by atoms with Gasteiger partial charge in [0.1, 0.15) is 12.4 Å². The maximum absolute atomic E-state index is 11.3. The van der Waals surface area contributed by atoms with Gasteiger partial charge in [-0.25, -0.2) is 19.7 Å². The maximum atomic E-state index is 11.3. The van der Waals surface area contributed by atoms with Crippen molar-refractivity contribution in [2.24, 2.45) is 0 Å². The van der Waals surface area contributed by atoms with E-state index in [0.29, 0.717) is 48.3 Å². The largest absolute Gasteiger partial charge is 0.497 e. The van der Waals surface area contributed by atoms with Crippen LogP contribution in [0.25, 0.3) is 11.4 Å². The van der Waals surface area contributed by atoms with Crippen LogP contribution in [0.15, 0.2) is 42.7 Å². The number of ether oxygens (including phenoxy) is 3. The Bertz CT molecular complexity index is 1020. The smallest absolute Gasteiger partial charge is 0.339 e. The van der Waals surface area contributed by atoms with E-state index in [1.165, 1.54) is 6.20 Å². The number of hydrogen-bond donors (Lipinski definition) is 1. The van der Waals surface area contributed by atoms with Crippen LogP contribution >= 0.6 is 0 Å². The molecule has 0 saturated heterocycles. The second kappa shape index (κ2) is 9.69. The predicted molar refractivity (Wildman–Crippen MR) is 110 cm³/mol. The third kappa shape index (κ3) is 4.83. The number of nitrogens with zero attached hydrogens (tertiary/aromatic N) is 3. The minimum absolute atomic E-state index is 0.0960. The number of methoxy groups -OCH3 is 1. The van der Waals surface area contributed by atoms with Crippen LogP contribution in [0.2, 0.25) is 0 Å². The molecule has 0 aliphatic heterocycles. The Balaban J connectivity index is 1.84. The van der Waals surface area contributed by atoms with Crippen LogP contribution in [0, 0.1) is 0 Å². The standard InChI is InChI=1S/C22H23N3O5/c1-4-18-17(22(26)27)12-23-20(25-18)15-10-19(29-5-2)21(24-11-15)30-13-14-6-8-16(28-3)9-7-14/h6-12H,4-5,13H2,1-3H3,(H,26,27). The fourth-order valence-corrected chi connectivity index (χ4v) is 2.80. The summed E-state index contributed by atoms with van der Waals surface area (Å²) in [6.07, 6.45) is 3.38. The fourth-order valence-electron chi connectivity index (χ4n) is 2.80. The molecule has 0 aliphatic carbocycles. The Labute approximate surface area is 174 Å². The van der Waals surface area contributed by atoms with E-state index in [1.54, 1.807) is 19.4 Å². The van der Waals surface area contributed by atoms with Crippen molar-refractivity contribution in [1.82, 2.24) is 15.0 Å². The molecule has 0 saturated carbocycles. The first-order valence-electron chi connectivity index (χ1n) is 9.53. The van der Waals surface area contributed by atoms with Gasteiger partial charge in [-0.3, -0.25) is 0 Å². The van der Waals surface area contributed by atoms with Crippen molar-refractivity contribution in [3.05, 3.63) is 59.5 Å². The molecular formula is C22H23N3O5. The molecule has 8 heteroatoms. The van der Waals surface area contributed by atoms with Crippen LogP contribution in [0.4, 0.5) is 0 Å². The van der Waals surface area contributed by atoms with Crippen LogP contribution in [0.5, 0.6) is 17.4 Å². The van der Waals surface area contributed by atoms with Gasteiger partial charge >= 0.3 is 5.97 Å². The van der Waals surface area contributed by atoms with Gasteiger partial charge in [-0.1, -0.05) is 19.1 Å². The first kappa shape index (κ1) is 21.0. The summed E-state index contributed by atoms with van der Waals surface area (Å²) in [6, 6.07) is 9.30. The van der Waals surface area contributed by atoms with Crippen molar-refractivity contribution in [3.8, 4) is 28.8 Å². The number of benzene rings is 1. The van der Waals surface area contributed by atoms with E-state index in [2.05, 4.69) is 15.0 Å². The molecule has 8 nitrogen and oxygen atoms in total. The highest BCUT2D eigenvalue weighted by Crippen LogP contribution is 2.30. The van der Waals surface area contributed by atoms with E-state index in [1.807, 2.05) is 38.1 Å². The summed E-state index contributed by atoms with van der Waals surface area (Å²) in [5, 5.41) is 9.26. The van der Waals surface area contributed by atoms with Crippen LogP contribution in [-0.4, -0.2) is 39.7 Å². The van der Waals surface area contributed by atoms with Crippen molar-refractivity contribution >= 4 is 5.97 Å². The van der Waals surface area contributed by atoms with Gasteiger partial charge in [0.25, 0.3) is 5.88 Å². The highest BCUT2D eigenvalue weighted by atomic mass is 16.5. The van der Waals surface area contributed by atoms with Gasteiger partial charge < -0.3 is 19.3 Å². The maximum Gasteiger partial charge on any atom is 0.339 e. The number of carbonyl (C=O) groups is 1. The highest BCUT2D eigenvalue weighted by molar-refractivity contribution is 5.88. The minimum atomic E-state index is -1.05. The number of hydrogen-bond acceptors (Lipinski definition) is 7. The molecule has 1 N–H and O–H groups in total. The average molecular weight is 409 g/mol. The van der Waals surface area contributed by atoms with E-state index < -0.39 is 5.97 Å². The lowest BCUT2D eigenvalue weighted by atomic mass is 10.1. The Morgan fingerprint density at radius 2 is 1.83 bits per heavy atom. The zero-order valence-electron chi connectivity index (χ0n) is 17.1. The zero-order chi connectivity index (χ0) is 21.5. The normalized spacial score (nSPS) is 10.5. The molecule has 0 aliphatic rings. The van der Waals surface area contributed by atoms with Crippen LogP contribution in [-0.2, 0) is 13.0 Å². The van der Waals surface area contributed by atoms with E-state index in [4.69, 9.17) is 14.2 Å². The van der Waals surface area contributed by atoms with Crippen molar-refractivity contribution in [2.75, 3.05) is 13.7 Å². The van der Waals surface area contributed by atoms with Crippen LogP contribution < -0.4 is 14.2 Å². The first-order valence-corrected chi connectivity index (χ1v) is 9.53. The number of pyridine rings is 1. The molecule has 156 valence electrons. The van der Waals surface area contributed by atoms with Crippen molar-refractivity contribution in [3.63, 3.8) is 0 Å². The lowest BCUT2D eigenvalue weighted by molar-refractivity contribution is 0.0694. The van der Waals surface area contributed by atoms with Crippen molar-refractivity contribution in [2.45, 2.75) is 26.9 Å². The van der Waals surface area contributed by atoms with E-state index in [0.717, 1.165) is 11.3 Å². The second-order valence-electron chi connectivity index (χ2n) is 6.31. The van der Waals surface area contributed by atoms with Gasteiger partial charge in [0, 0.05) is 18.0 Å². The summed E-state index contributed by atoms with van der Waals surface area (Å²) in [5.41, 5.74) is 2.13. The molecule has 2 heterocycles. The molecule has 0 bridgehead atoms. The molecule has 0 atom stereocenters. The van der Waals surface area contributed by atoms with Gasteiger partial charge in [-0.2, -0.15) is 0 Å². The lowest BCUT2D eigenvalue weighted by Crippen LogP contribution is -2.07. The molecule has 0 radical (unpaired) electrons. The number of aryl methyl sites for hydroxylation is 1. The Kier molecular flexibility index (Phi) is 6.79. The van der Waals surface area contributed by atoms with Crippen LogP contribution in [0.3, 0.4) is 0 Å². The number of rotatable bonds is 9. The van der Waals surface area contributed by atoms with Gasteiger partial charge in [0.2, 0.25) is 0 Å². The van der Waals surface area contributed by atoms with Gasteiger partial charge in [0.05, 0.1) is 25.0 Å². The molecule has 3 rings (SSSR count). The summed E-state index contributed by atoms with van der Waals surface area (Å²) in [6.45, 7) is 4.47. The highest BCUT2D eigenvalue weighted by Gasteiger charge is 2.16. The molecule has 3 aromatic rings. The molecule has 30 heavy (non-hydrogen) atoms. The zero-order valence-corrected chi connectivity index (χ0v) is 17.1. The summed E-state index contributed by atoms with van der Waals surface area (Å²) in [5.74, 6) is 0.930. The summed E-state index contributed by atoms with van der Waals surface area (Å²) >= 11 is 0. The average Bonchev–Trinajstić information content (AvgIpc) is 2.78. The summed E-state index contributed by atoms with van der Waals surface area (Å²) in [4.78, 5) is 24.2. The fraction of sp³-hybridized carbons (Fsp3) is 0.273. The quantitative estimate of drug-likeness (QED) is 0.569. The molecular weight excluding hydrogens is 386 g/mol. The summed E-state index contributed by atoms with van der Waals surface area (Å²) < 4.78 is 16.7. The minimum Gasteiger partial charge on any atom is -0.497 e. The Hall–Kier alpha value is -3.68. The number of carboxylic acids is 1. The summed E-state index contributed by atoms with van der Waals surface area (Å²) in [7, 11) is 1.62. The third-order valence-corrected chi connectivity index (χ3v) is 4.34. The third-order valence-electron chi connectivity index (χ3n) is 4.34. The van der Waals surface area contributed by atoms with Crippen LogP contribution in [0.1, 0.15) is 35.5 Å². The van der Waals surface area contributed by atoms with E-state index in [-0.39, 0.29) is 5.56 Å². The second-order valence-corrected chi connectivity index (χ2v) is 6.31. The van der Waals surface area contributed by atoms with E-state index >= 15 is 0 Å². The molecule has 2 aromatic heterocycles. The Morgan fingerprint density at radius 3 is 2.47 bits per heavy atom. The van der Waals surface area contributed by atoms with E-state index in [9.17, 15) is 9.90 Å². The SMILES string of the molecule is CCOc1cc(-c2ncc(C(=O)O)c(CC)n2)cnc1OCc1ccc(OC)cc1. The van der Waals surface area contributed by atoms with Gasteiger partial charge in [-0.05, 0) is 37.1 Å². The molecule has 0 unspecified atom stereocenters. The predicted octanol–water partition coefficient (Wildman–Crippen LogP) is 3.79. The number of carboxylic acid groups (broad SMARTS) is 1. The number of aromatic nitrogens is 3. The van der Waals surface area contributed by atoms with Crippen molar-refractivity contribution < 1.29 is 24.1 Å². The number of aromatic carboxylic acids is 1. The van der Waals surface area contributed by atoms with Gasteiger partial charge in [-0.15, -0.1) is 0 Å². The lowest BCUT2D eigenvalue weighted by Gasteiger charge is -2.13. The molecule has 0 amide bonds.